The third-order valence-electron chi connectivity index (χ3n) is 20.0. The lowest BCUT2D eigenvalue weighted by molar-refractivity contribution is 0.0979. The summed E-state index contributed by atoms with van der Waals surface area (Å²) in [6.45, 7) is 9.20. The molecule has 0 saturated carbocycles. The smallest absolute Gasteiger partial charge is 0.194 e. The van der Waals surface area contributed by atoms with Crippen molar-refractivity contribution in [3.63, 3.8) is 0 Å². The van der Waals surface area contributed by atoms with Gasteiger partial charge in [0.15, 0.2) is 11.6 Å². The van der Waals surface area contributed by atoms with Gasteiger partial charge in [-0.2, -0.15) is 0 Å². The first kappa shape index (κ1) is 71.8. The highest BCUT2D eigenvalue weighted by Crippen LogP contribution is 2.46. The molecule has 0 atom stereocenters. The van der Waals surface area contributed by atoms with Gasteiger partial charge in [0.05, 0.1) is 0 Å². The van der Waals surface area contributed by atoms with Gasteiger partial charge in [0.2, 0.25) is 0 Å². The number of hydrogen-bond donors (Lipinski definition) is 0. The second-order valence-electron chi connectivity index (χ2n) is 27.7. The van der Waals surface area contributed by atoms with Gasteiger partial charge in [-0.25, -0.2) is 0 Å². The van der Waals surface area contributed by atoms with Crippen LogP contribution in [-0.2, 0) is 25.7 Å². The molecule has 6 heteroatoms. The topological polar surface area (TPSA) is 34.1 Å². The van der Waals surface area contributed by atoms with Crippen LogP contribution < -0.4 is 0 Å². The molecular weight excluding hydrogens is 1190 g/mol. The van der Waals surface area contributed by atoms with Crippen molar-refractivity contribution >= 4 is 78.5 Å². The maximum Gasteiger partial charge on any atom is 0.194 e. The van der Waals surface area contributed by atoms with E-state index in [0.29, 0.717) is 22.3 Å². The van der Waals surface area contributed by atoms with Crippen molar-refractivity contribution < 1.29 is 9.59 Å². The fraction of sp³-hybridized carbons (Fsp3) is 0.558. The van der Waals surface area contributed by atoms with Crippen molar-refractivity contribution in [1.82, 2.24) is 0 Å². The van der Waals surface area contributed by atoms with Crippen LogP contribution in [0.15, 0.2) is 97.1 Å². The summed E-state index contributed by atoms with van der Waals surface area (Å²) >= 11 is 7.77. The second-order valence-corrected chi connectivity index (χ2v) is 32.4. The maximum atomic E-state index is 15.2. The van der Waals surface area contributed by atoms with E-state index < -0.39 is 0 Å². The Labute approximate surface area is 574 Å². The van der Waals surface area contributed by atoms with Crippen LogP contribution in [-0.4, -0.2) is 11.6 Å². The van der Waals surface area contributed by atoms with E-state index in [2.05, 4.69) is 125 Å². The van der Waals surface area contributed by atoms with Crippen molar-refractivity contribution in [3.05, 3.63) is 139 Å². The molecule has 1 aliphatic rings. The van der Waals surface area contributed by atoms with Crippen molar-refractivity contribution in [2.45, 2.75) is 310 Å². The summed E-state index contributed by atoms with van der Waals surface area (Å²) in [5.74, 6) is -0.103. The Balaban J connectivity index is 0.958. The van der Waals surface area contributed by atoms with Crippen LogP contribution in [0, 0.1) is 0 Å². The Morgan fingerprint density at radius 2 is 0.370 bits per heavy atom. The SMILES string of the molecule is CCCCCCCCCCCCc1ccc(-c2cc3cc4c(cc3cc2-c2ccc(CCCCCCCCCCCC)s2)C(=O)c2cc3cc(-c5ccc(CCCCCCCCCCCC)s5)c(-c5ccc(CCCCCCCCCCCC)s5)cc3cc2C4=O)s1. The Morgan fingerprint density at radius 1 is 0.207 bits per heavy atom. The molecule has 2 nitrogen and oxygen atoms in total. The first-order chi connectivity index (χ1) is 45.3. The number of carbonyl (C=O) groups excluding carboxylic acids is 2. The van der Waals surface area contributed by atoms with Gasteiger partial charge in [0.1, 0.15) is 0 Å². The van der Waals surface area contributed by atoms with Gasteiger partial charge >= 0.3 is 0 Å². The molecule has 9 rings (SSSR count). The number of aryl methyl sites for hydroxylation is 4. The summed E-state index contributed by atoms with van der Waals surface area (Å²) in [7, 11) is 0. The van der Waals surface area contributed by atoms with Crippen molar-refractivity contribution in [1.29, 1.82) is 0 Å². The van der Waals surface area contributed by atoms with Crippen LogP contribution in [0.2, 0.25) is 0 Å². The lowest BCUT2D eigenvalue weighted by Crippen LogP contribution is -2.21. The molecule has 0 amide bonds. The first-order valence-electron chi connectivity index (χ1n) is 38.0. The molecule has 0 fully saturated rings. The zero-order valence-corrected chi connectivity index (χ0v) is 61.1. The van der Waals surface area contributed by atoms with Gasteiger partial charge in [0.25, 0.3) is 0 Å². The van der Waals surface area contributed by atoms with E-state index in [9.17, 15) is 0 Å². The summed E-state index contributed by atoms with van der Waals surface area (Å²) in [5.41, 5.74) is 7.00. The standard InChI is InChI=1S/C86H116O2S4/c1-5-9-13-17-21-25-29-33-37-41-45-69-49-53-81(89-69)73-57-65-61-77-78(62-66(65)58-74(73)82-54-50-70(90-82)46-42-38-34-30-26-22-18-14-10-6-2)86(88)80-64-68-60-76(84-56-52-72(92-84)48-44-40-36-32-28-24-20-16-12-8-4)75(59-67(68)63-79(80)85(77)87)83-55-51-71(91-83)47-43-39-35-31-27-23-19-15-11-7-3/h49-64H,5-48H2,1-4H3. The van der Waals surface area contributed by atoms with Crippen LogP contribution in [0.3, 0.4) is 0 Å². The average Bonchev–Trinajstić information content (AvgIpc) is 0.891. The van der Waals surface area contributed by atoms with Gasteiger partial charge in [-0.05, 0) is 170 Å². The maximum absolute atomic E-state index is 15.2. The monoisotopic (exact) mass is 1310 g/mol. The molecule has 0 radical (unpaired) electrons. The van der Waals surface area contributed by atoms with Crippen LogP contribution in [0.1, 0.15) is 336 Å². The minimum atomic E-state index is -0.0517. The fourth-order valence-corrected chi connectivity index (χ4v) is 18.7. The molecule has 8 aromatic rings. The van der Waals surface area contributed by atoms with E-state index in [1.807, 2.05) is 45.3 Å². The number of ketones is 2. The molecule has 0 aliphatic heterocycles. The van der Waals surface area contributed by atoms with Crippen molar-refractivity contribution in [2.24, 2.45) is 0 Å². The summed E-state index contributed by atoms with van der Waals surface area (Å²) in [6.07, 6.45) is 58.4. The normalized spacial score (nSPS) is 12.3. The van der Waals surface area contributed by atoms with Gasteiger partial charge in [-0.15, -0.1) is 45.3 Å². The van der Waals surface area contributed by atoms with Crippen molar-refractivity contribution in [2.75, 3.05) is 0 Å². The van der Waals surface area contributed by atoms with E-state index >= 15 is 9.59 Å². The largest absolute Gasteiger partial charge is 0.289 e. The third-order valence-corrected chi connectivity index (χ3v) is 24.7. The second kappa shape index (κ2) is 40.2. The molecule has 92 heavy (non-hydrogen) atoms. The number of thiophene rings is 4. The average molecular weight is 1310 g/mol. The summed E-state index contributed by atoms with van der Waals surface area (Å²) < 4.78 is 0. The van der Waals surface area contributed by atoms with Crippen LogP contribution in [0.5, 0.6) is 0 Å². The molecule has 4 aromatic carbocycles. The van der Waals surface area contributed by atoms with Gasteiger partial charge in [-0.3, -0.25) is 9.59 Å². The zero-order chi connectivity index (χ0) is 64.0. The van der Waals surface area contributed by atoms with Crippen LogP contribution in [0.4, 0.5) is 0 Å². The molecule has 0 N–H and O–H groups in total. The first-order valence-corrected chi connectivity index (χ1v) is 41.3. The van der Waals surface area contributed by atoms with Crippen molar-refractivity contribution in [3.8, 4) is 41.8 Å². The van der Waals surface area contributed by atoms with E-state index in [-0.39, 0.29) is 11.6 Å². The predicted octanol–water partition coefficient (Wildman–Crippen LogP) is 29.5. The quantitative estimate of drug-likeness (QED) is 0.0356. The number of hydrogen-bond acceptors (Lipinski definition) is 6. The molecule has 0 bridgehead atoms. The lowest BCUT2D eigenvalue weighted by atomic mass is 9.81. The summed E-state index contributed by atoms with van der Waals surface area (Å²) in [5, 5.41) is 4.06. The fourth-order valence-electron chi connectivity index (χ4n) is 14.3. The number of carbonyl (C=O) groups is 2. The molecule has 0 spiro atoms. The number of unbranched alkanes of at least 4 members (excludes halogenated alkanes) is 36. The van der Waals surface area contributed by atoms with Gasteiger partial charge < -0.3 is 0 Å². The highest BCUT2D eigenvalue weighted by Gasteiger charge is 2.32. The number of benzene rings is 4. The summed E-state index contributed by atoms with van der Waals surface area (Å²) in [4.78, 5) is 41.3. The molecule has 496 valence electrons. The zero-order valence-electron chi connectivity index (χ0n) is 57.8. The Bertz CT molecular complexity index is 3020. The molecule has 4 heterocycles. The predicted molar refractivity (Wildman–Crippen MR) is 410 cm³/mol. The molecular formula is C86H116O2S4. The molecule has 1 aliphatic carbocycles. The Morgan fingerprint density at radius 3 is 0.554 bits per heavy atom. The number of fused-ring (bicyclic) bond motifs is 4. The molecule has 0 saturated heterocycles. The van der Waals surface area contributed by atoms with E-state index in [4.69, 9.17) is 0 Å². The lowest BCUT2D eigenvalue weighted by Gasteiger charge is -2.20. The third kappa shape index (κ3) is 21.8. The van der Waals surface area contributed by atoms with Gasteiger partial charge in [0, 0.05) is 83.5 Å². The summed E-state index contributed by atoms with van der Waals surface area (Å²) in [6, 6.07) is 36.4. The van der Waals surface area contributed by atoms with E-state index in [0.717, 1.165) is 47.2 Å². The minimum Gasteiger partial charge on any atom is -0.289 e. The van der Waals surface area contributed by atoms with Crippen LogP contribution >= 0.6 is 45.3 Å². The van der Waals surface area contributed by atoms with Crippen LogP contribution in [0.25, 0.3) is 63.3 Å². The van der Waals surface area contributed by atoms with E-state index in [1.165, 1.54) is 318 Å². The number of rotatable bonds is 48. The minimum absolute atomic E-state index is 0.0517. The Kier molecular flexibility index (Phi) is 31.4. The highest BCUT2D eigenvalue weighted by atomic mass is 32.1. The Hall–Kier alpha value is -4.46. The molecule has 0 unspecified atom stereocenters. The van der Waals surface area contributed by atoms with Gasteiger partial charge in [-0.1, -0.05) is 259 Å². The van der Waals surface area contributed by atoms with E-state index in [1.54, 1.807) is 0 Å². The highest BCUT2D eigenvalue weighted by molar-refractivity contribution is 7.17. The molecule has 4 aromatic heterocycles.